The van der Waals surface area contributed by atoms with Crippen LogP contribution in [0.25, 0.3) is 17.0 Å². The molecule has 0 amide bonds. The van der Waals surface area contributed by atoms with Gasteiger partial charge in [-0.05, 0) is 18.2 Å². The Balaban J connectivity index is 1.61. The molecule has 124 valence electrons. The zero-order chi connectivity index (χ0) is 17.2. The molecular formula is C17H11F2N5O. The van der Waals surface area contributed by atoms with Gasteiger partial charge in [0.1, 0.15) is 29.6 Å². The number of nitrogens with zero attached hydrogens (tertiary/aromatic N) is 5. The van der Waals surface area contributed by atoms with Crippen molar-refractivity contribution < 1.29 is 13.5 Å². The van der Waals surface area contributed by atoms with E-state index in [-0.39, 0.29) is 17.9 Å². The summed E-state index contributed by atoms with van der Waals surface area (Å²) in [5.74, 6) is -0.514. The number of fused-ring (bicyclic) bond motifs is 1. The molecule has 1 aromatic carbocycles. The van der Waals surface area contributed by atoms with Crippen molar-refractivity contribution >= 4 is 5.78 Å². The summed E-state index contributed by atoms with van der Waals surface area (Å²) in [6, 6.07) is 8.65. The van der Waals surface area contributed by atoms with Gasteiger partial charge in [0.2, 0.25) is 5.88 Å². The van der Waals surface area contributed by atoms with Gasteiger partial charge in [0.15, 0.2) is 0 Å². The zero-order valence-corrected chi connectivity index (χ0v) is 12.8. The van der Waals surface area contributed by atoms with Crippen molar-refractivity contribution in [2.24, 2.45) is 0 Å². The fourth-order valence-electron chi connectivity index (χ4n) is 2.30. The topological polar surface area (TPSA) is 65.2 Å². The highest BCUT2D eigenvalue weighted by Crippen LogP contribution is 2.21. The first-order valence-corrected chi connectivity index (χ1v) is 7.39. The minimum absolute atomic E-state index is 0.163. The van der Waals surface area contributed by atoms with Crippen LogP contribution in [-0.4, -0.2) is 24.6 Å². The molecule has 0 N–H and O–H groups in total. The van der Waals surface area contributed by atoms with Gasteiger partial charge in [-0.15, -0.1) is 0 Å². The molecule has 6 nitrogen and oxygen atoms in total. The second kappa shape index (κ2) is 6.23. The molecule has 0 unspecified atom stereocenters. The maximum atomic E-state index is 13.9. The quantitative estimate of drug-likeness (QED) is 0.572. The molecule has 8 heteroatoms. The van der Waals surface area contributed by atoms with Crippen molar-refractivity contribution in [3.63, 3.8) is 0 Å². The molecule has 3 aromatic heterocycles. The van der Waals surface area contributed by atoms with Crippen LogP contribution >= 0.6 is 0 Å². The summed E-state index contributed by atoms with van der Waals surface area (Å²) >= 11 is 0. The predicted octanol–water partition coefficient (Wildman–Crippen LogP) is 3.04. The van der Waals surface area contributed by atoms with E-state index in [1.54, 1.807) is 24.5 Å². The molecule has 0 atom stereocenters. The Hall–Kier alpha value is -3.42. The van der Waals surface area contributed by atoms with Crippen molar-refractivity contribution in [2.45, 2.75) is 6.61 Å². The summed E-state index contributed by atoms with van der Waals surface area (Å²) < 4.78 is 33.9. The number of rotatable bonds is 4. The Bertz CT molecular complexity index is 1040. The second-order valence-corrected chi connectivity index (χ2v) is 5.20. The first kappa shape index (κ1) is 15.1. The zero-order valence-electron chi connectivity index (χ0n) is 12.8. The van der Waals surface area contributed by atoms with Crippen molar-refractivity contribution in [2.75, 3.05) is 0 Å². The molecule has 4 rings (SSSR count). The average molecular weight is 339 g/mol. The third-order valence-corrected chi connectivity index (χ3v) is 3.45. The smallest absolute Gasteiger partial charge is 0.251 e. The van der Waals surface area contributed by atoms with Crippen LogP contribution in [0.15, 0.2) is 55.0 Å². The summed E-state index contributed by atoms with van der Waals surface area (Å²) in [6.45, 7) is 0.197. The van der Waals surface area contributed by atoms with Crippen molar-refractivity contribution in [3.05, 3.63) is 72.3 Å². The molecule has 0 bridgehead atoms. The summed E-state index contributed by atoms with van der Waals surface area (Å²) in [5, 5.41) is 4.27. The van der Waals surface area contributed by atoms with E-state index in [0.717, 1.165) is 6.07 Å². The normalized spacial score (nSPS) is 11.0. The average Bonchev–Trinajstić information content (AvgIpc) is 3.03. The molecule has 25 heavy (non-hydrogen) atoms. The molecule has 0 saturated heterocycles. The van der Waals surface area contributed by atoms with Crippen molar-refractivity contribution in [3.8, 4) is 17.1 Å². The van der Waals surface area contributed by atoms with Crippen LogP contribution in [0.4, 0.5) is 8.78 Å². The first-order valence-electron chi connectivity index (χ1n) is 7.39. The van der Waals surface area contributed by atoms with E-state index in [1.165, 1.54) is 22.8 Å². The SMILES string of the molecule is Fc1ccc(-c2cnc3nc(COc4ccccn4)cn3n2)c(F)c1. The van der Waals surface area contributed by atoms with Gasteiger partial charge >= 0.3 is 0 Å². The monoisotopic (exact) mass is 339 g/mol. The number of hydrogen-bond acceptors (Lipinski definition) is 5. The van der Waals surface area contributed by atoms with Crippen molar-refractivity contribution in [1.29, 1.82) is 0 Å². The summed E-state index contributed by atoms with van der Waals surface area (Å²) in [4.78, 5) is 12.5. The third kappa shape index (κ3) is 3.14. The maximum absolute atomic E-state index is 13.9. The van der Waals surface area contributed by atoms with Gasteiger partial charge in [0.25, 0.3) is 5.78 Å². The number of halogens is 2. The van der Waals surface area contributed by atoms with Crippen molar-refractivity contribution in [1.82, 2.24) is 24.6 Å². The van der Waals surface area contributed by atoms with Gasteiger partial charge in [-0.3, -0.25) is 0 Å². The van der Waals surface area contributed by atoms with Gasteiger partial charge in [-0.2, -0.15) is 5.10 Å². The van der Waals surface area contributed by atoms with Gasteiger partial charge in [0.05, 0.1) is 12.4 Å². The van der Waals surface area contributed by atoms with Gasteiger partial charge in [-0.1, -0.05) is 6.07 Å². The Morgan fingerprint density at radius 3 is 2.80 bits per heavy atom. The minimum Gasteiger partial charge on any atom is -0.471 e. The fraction of sp³-hybridized carbons (Fsp3) is 0.0588. The maximum Gasteiger partial charge on any atom is 0.251 e. The lowest BCUT2D eigenvalue weighted by molar-refractivity contribution is 0.290. The molecule has 0 fully saturated rings. The Labute approximate surface area is 140 Å². The lowest BCUT2D eigenvalue weighted by atomic mass is 10.1. The molecular weight excluding hydrogens is 328 g/mol. The van der Waals surface area contributed by atoms with E-state index in [2.05, 4.69) is 20.1 Å². The summed E-state index contributed by atoms with van der Waals surface area (Å²) in [7, 11) is 0. The Morgan fingerprint density at radius 1 is 1.08 bits per heavy atom. The van der Waals surface area contributed by atoms with E-state index in [0.29, 0.717) is 17.4 Å². The molecule has 0 radical (unpaired) electrons. The second-order valence-electron chi connectivity index (χ2n) is 5.20. The van der Waals surface area contributed by atoms with Gasteiger partial charge in [0, 0.05) is 23.9 Å². The number of pyridine rings is 1. The van der Waals surface area contributed by atoms with Crippen LogP contribution in [0.2, 0.25) is 0 Å². The predicted molar refractivity (Wildman–Crippen MR) is 84.7 cm³/mol. The van der Waals surface area contributed by atoms with Crippen LogP contribution in [0.3, 0.4) is 0 Å². The van der Waals surface area contributed by atoms with Gasteiger partial charge in [-0.25, -0.2) is 28.2 Å². The molecule has 3 heterocycles. The van der Waals surface area contributed by atoms with E-state index in [9.17, 15) is 8.78 Å². The van der Waals surface area contributed by atoms with E-state index < -0.39 is 11.6 Å². The van der Waals surface area contributed by atoms with Crippen LogP contribution in [0, 0.1) is 11.6 Å². The van der Waals surface area contributed by atoms with Gasteiger partial charge < -0.3 is 4.74 Å². The standard InChI is InChI=1S/C17H11F2N5O/c18-11-4-5-13(14(19)7-11)15-8-21-17-22-12(9-24(17)23-15)10-25-16-3-1-2-6-20-16/h1-9H,10H2. The van der Waals surface area contributed by atoms with E-state index in [4.69, 9.17) is 4.74 Å². The lowest BCUT2D eigenvalue weighted by Gasteiger charge is -2.02. The number of benzene rings is 1. The highest BCUT2D eigenvalue weighted by molar-refractivity contribution is 5.59. The Morgan fingerprint density at radius 2 is 2.00 bits per heavy atom. The summed E-state index contributed by atoms with van der Waals surface area (Å²) in [5.41, 5.74) is 1.04. The number of aromatic nitrogens is 5. The third-order valence-electron chi connectivity index (χ3n) is 3.45. The number of ether oxygens (including phenoxy) is 1. The largest absolute Gasteiger partial charge is 0.471 e. The molecule has 0 aliphatic rings. The molecule has 0 saturated carbocycles. The molecule has 0 aliphatic carbocycles. The molecule has 4 aromatic rings. The van der Waals surface area contributed by atoms with Crippen LogP contribution in [0.5, 0.6) is 5.88 Å². The lowest BCUT2D eigenvalue weighted by Crippen LogP contribution is -1.98. The number of imidazole rings is 1. The summed E-state index contributed by atoms with van der Waals surface area (Å²) in [6.07, 6.45) is 4.66. The van der Waals surface area contributed by atoms with E-state index >= 15 is 0 Å². The fourth-order valence-corrected chi connectivity index (χ4v) is 2.30. The van der Waals surface area contributed by atoms with Crippen LogP contribution < -0.4 is 4.74 Å². The highest BCUT2D eigenvalue weighted by atomic mass is 19.1. The molecule has 0 aliphatic heterocycles. The van der Waals surface area contributed by atoms with E-state index in [1.807, 2.05) is 6.07 Å². The first-order chi connectivity index (χ1) is 12.2. The number of hydrogen-bond donors (Lipinski definition) is 0. The Kier molecular flexibility index (Phi) is 3.77. The van der Waals surface area contributed by atoms with Crippen LogP contribution in [0.1, 0.15) is 5.69 Å². The highest BCUT2D eigenvalue weighted by Gasteiger charge is 2.11. The minimum atomic E-state index is -0.701. The van der Waals surface area contributed by atoms with Crippen LogP contribution in [-0.2, 0) is 6.61 Å². The molecule has 0 spiro atoms.